The standard InChI is InChI=1S/C22H29NO2/c1-19-11-13-23(14-12-19)15-16-24-17-18-25-22-10-6-5-9-21(22)20-7-3-2-4-8-20/h2-10,19H,11-18H2,1H3/p+1. The zero-order valence-electron chi connectivity index (χ0n) is 15.2. The van der Waals surface area contributed by atoms with Crippen LogP contribution >= 0.6 is 0 Å². The van der Waals surface area contributed by atoms with E-state index in [0.717, 1.165) is 30.4 Å². The molecule has 3 rings (SSSR count). The zero-order chi connectivity index (χ0) is 17.3. The Bertz CT molecular complexity index is 621. The Labute approximate surface area is 151 Å². The van der Waals surface area contributed by atoms with Gasteiger partial charge in [-0.15, -0.1) is 0 Å². The fraction of sp³-hybridized carbons (Fsp3) is 0.455. The number of ether oxygens (including phenoxy) is 2. The van der Waals surface area contributed by atoms with E-state index in [-0.39, 0.29) is 0 Å². The summed E-state index contributed by atoms with van der Waals surface area (Å²) in [6.45, 7) is 8.14. The Morgan fingerprint density at radius 3 is 2.40 bits per heavy atom. The van der Waals surface area contributed by atoms with Crippen molar-refractivity contribution in [1.82, 2.24) is 0 Å². The number of quaternary nitrogens is 1. The molecule has 1 saturated heterocycles. The second-order valence-electron chi connectivity index (χ2n) is 7.01. The van der Waals surface area contributed by atoms with Gasteiger partial charge in [0.1, 0.15) is 18.9 Å². The minimum atomic E-state index is 0.593. The molecule has 0 spiro atoms. The molecule has 1 aliphatic heterocycles. The highest BCUT2D eigenvalue weighted by Crippen LogP contribution is 2.29. The summed E-state index contributed by atoms with van der Waals surface area (Å²) < 4.78 is 11.8. The van der Waals surface area contributed by atoms with Crippen LogP contribution in [0.3, 0.4) is 0 Å². The van der Waals surface area contributed by atoms with E-state index in [1.165, 1.54) is 31.5 Å². The largest absolute Gasteiger partial charge is 0.491 e. The first kappa shape index (κ1) is 18.0. The van der Waals surface area contributed by atoms with Crippen molar-refractivity contribution in [3.8, 4) is 16.9 Å². The van der Waals surface area contributed by atoms with E-state index in [0.29, 0.717) is 13.2 Å². The maximum absolute atomic E-state index is 5.97. The summed E-state index contributed by atoms with van der Waals surface area (Å²) in [6, 6.07) is 18.6. The molecular formula is C22H30NO2+. The van der Waals surface area contributed by atoms with Crippen LogP contribution in [0.4, 0.5) is 0 Å². The smallest absolute Gasteiger partial charge is 0.127 e. The van der Waals surface area contributed by atoms with Gasteiger partial charge in [-0.2, -0.15) is 0 Å². The minimum absolute atomic E-state index is 0.593. The van der Waals surface area contributed by atoms with E-state index in [4.69, 9.17) is 9.47 Å². The quantitative estimate of drug-likeness (QED) is 0.747. The van der Waals surface area contributed by atoms with Crippen molar-refractivity contribution in [1.29, 1.82) is 0 Å². The third-order valence-electron chi connectivity index (χ3n) is 5.04. The maximum Gasteiger partial charge on any atom is 0.127 e. The first-order valence-electron chi connectivity index (χ1n) is 9.51. The Morgan fingerprint density at radius 2 is 1.60 bits per heavy atom. The number of benzene rings is 2. The summed E-state index contributed by atoms with van der Waals surface area (Å²) in [5.74, 6) is 1.83. The molecule has 3 nitrogen and oxygen atoms in total. The summed E-state index contributed by atoms with van der Waals surface area (Å²) in [4.78, 5) is 1.69. The molecular weight excluding hydrogens is 310 g/mol. The number of para-hydroxylation sites is 1. The van der Waals surface area contributed by atoms with Crippen molar-refractivity contribution in [3.05, 3.63) is 54.6 Å². The third kappa shape index (κ3) is 5.58. The van der Waals surface area contributed by atoms with Crippen LogP contribution in [0.1, 0.15) is 19.8 Å². The molecule has 3 heteroatoms. The van der Waals surface area contributed by atoms with Crippen molar-refractivity contribution in [2.45, 2.75) is 19.8 Å². The number of hydrogen-bond acceptors (Lipinski definition) is 2. The molecule has 0 amide bonds. The first-order chi connectivity index (χ1) is 12.3. The summed E-state index contributed by atoms with van der Waals surface area (Å²) in [6.07, 6.45) is 2.71. The lowest BCUT2D eigenvalue weighted by Gasteiger charge is -2.27. The van der Waals surface area contributed by atoms with Crippen LogP contribution in [0.5, 0.6) is 5.75 Å². The molecule has 25 heavy (non-hydrogen) atoms. The molecule has 1 aliphatic rings. The van der Waals surface area contributed by atoms with Crippen molar-refractivity contribution >= 4 is 0 Å². The van der Waals surface area contributed by atoms with Gasteiger partial charge in [0.25, 0.3) is 0 Å². The van der Waals surface area contributed by atoms with Gasteiger partial charge >= 0.3 is 0 Å². The number of nitrogens with one attached hydrogen (secondary N) is 1. The molecule has 0 atom stereocenters. The normalized spacial score (nSPS) is 20.4. The number of likely N-dealkylation sites (tertiary alicyclic amines) is 1. The molecule has 1 heterocycles. The molecule has 0 aliphatic carbocycles. The van der Waals surface area contributed by atoms with Crippen LogP contribution in [0.25, 0.3) is 11.1 Å². The topological polar surface area (TPSA) is 22.9 Å². The molecule has 0 aromatic heterocycles. The fourth-order valence-electron chi connectivity index (χ4n) is 3.40. The summed E-state index contributed by atoms with van der Waals surface area (Å²) in [7, 11) is 0. The van der Waals surface area contributed by atoms with E-state index in [2.05, 4.69) is 37.3 Å². The summed E-state index contributed by atoms with van der Waals surface area (Å²) in [5, 5.41) is 0. The Hall–Kier alpha value is -1.84. The average molecular weight is 340 g/mol. The second-order valence-corrected chi connectivity index (χ2v) is 7.01. The lowest BCUT2D eigenvalue weighted by atomic mass is 9.99. The Kier molecular flexibility index (Phi) is 6.89. The SMILES string of the molecule is CC1CC[NH+](CCOCCOc2ccccc2-c2ccccc2)CC1. The number of piperidine rings is 1. The van der Waals surface area contributed by atoms with Gasteiger partial charge in [-0.25, -0.2) is 0 Å². The molecule has 0 saturated carbocycles. The van der Waals surface area contributed by atoms with Gasteiger partial charge in [-0.05, 0) is 30.4 Å². The fourth-order valence-corrected chi connectivity index (χ4v) is 3.40. The first-order valence-corrected chi connectivity index (χ1v) is 9.51. The van der Waals surface area contributed by atoms with Crippen LogP contribution < -0.4 is 9.64 Å². The van der Waals surface area contributed by atoms with Crippen LogP contribution in [-0.2, 0) is 4.74 Å². The number of rotatable bonds is 8. The molecule has 0 unspecified atom stereocenters. The van der Waals surface area contributed by atoms with Gasteiger partial charge in [0.05, 0.1) is 26.3 Å². The van der Waals surface area contributed by atoms with Gasteiger partial charge in [0, 0.05) is 5.56 Å². The van der Waals surface area contributed by atoms with E-state index < -0.39 is 0 Å². The lowest BCUT2D eigenvalue weighted by molar-refractivity contribution is -0.906. The van der Waals surface area contributed by atoms with Gasteiger partial charge in [0.2, 0.25) is 0 Å². The highest BCUT2D eigenvalue weighted by Gasteiger charge is 2.18. The molecule has 134 valence electrons. The third-order valence-corrected chi connectivity index (χ3v) is 5.04. The molecule has 2 aromatic carbocycles. The van der Waals surface area contributed by atoms with Gasteiger partial charge in [-0.1, -0.05) is 55.5 Å². The van der Waals surface area contributed by atoms with Gasteiger partial charge in [-0.3, -0.25) is 0 Å². The number of hydrogen-bond donors (Lipinski definition) is 1. The van der Waals surface area contributed by atoms with Gasteiger partial charge in [0.15, 0.2) is 0 Å². The molecule has 0 radical (unpaired) electrons. The highest BCUT2D eigenvalue weighted by atomic mass is 16.5. The van der Waals surface area contributed by atoms with Crippen LogP contribution in [0, 0.1) is 5.92 Å². The predicted molar refractivity (Wildman–Crippen MR) is 102 cm³/mol. The molecule has 2 aromatic rings. The van der Waals surface area contributed by atoms with Crippen LogP contribution in [-0.4, -0.2) is 39.5 Å². The van der Waals surface area contributed by atoms with E-state index in [1.54, 1.807) is 4.90 Å². The van der Waals surface area contributed by atoms with E-state index >= 15 is 0 Å². The Balaban J connectivity index is 1.38. The molecule has 1 N–H and O–H groups in total. The van der Waals surface area contributed by atoms with E-state index in [9.17, 15) is 0 Å². The maximum atomic E-state index is 5.97. The second kappa shape index (κ2) is 9.59. The highest BCUT2D eigenvalue weighted by molar-refractivity contribution is 5.70. The van der Waals surface area contributed by atoms with E-state index in [1.807, 2.05) is 24.3 Å². The average Bonchev–Trinajstić information content (AvgIpc) is 2.67. The van der Waals surface area contributed by atoms with Crippen molar-refractivity contribution in [2.75, 3.05) is 39.5 Å². The lowest BCUT2D eigenvalue weighted by Crippen LogP contribution is -3.13. The van der Waals surface area contributed by atoms with Gasteiger partial charge < -0.3 is 14.4 Å². The van der Waals surface area contributed by atoms with Crippen LogP contribution in [0.15, 0.2) is 54.6 Å². The van der Waals surface area contributed by atoms with Crippen molar-refractivity contribution in [3.63, 3.8) is 0 Å². The minimum Gasteiger partial charge on any atom is -0.491 e. The predicted octanol–water partition coefficient (Wildman–Crippen LogP) is 3.06. The van der Waals surface area contributed by atoms with Crippen LogP contribution in [0.2, 0.25) is 0 Å². The molecule has 0 bridgehead atoms. The summed E-state index contributed by atoms with van der Waals surface area (Å²) in [5.41, 5.74) is 2.32. The molecule has 1 fully saturated rings. The summed E-state index contributed by atoms with van der Waals surface area (Å²) >= 11 is 0. The van der Waals surface area contributed by atoms with Crippen molar-refractivity contribution < 1.29 is 14.4 Å². The monoisotopic (exact) mass is 340 g/mol. The zero-order valence-corrected chi connectivity index (χ0v) is 15.2. The van der Waals surface area contributed by atoms with Crippen molar-refractivity contribution in [2.24, 2.45) is 5.92 Å². The Morgan fingerprint density at radius 1 is 0.880 bits per heavy atom.